The van der Waals surface area contributed by atoms with Gasteiger partial charge >= 0.3 is 0 Å². The normalized spacial score (nSPS) is 14.7. The Balaban J connectivity index is 1.76. The van der Waals surface area contributed by atoms with Crippen LogP contribution in [0.1, 0.15) is 12.8 Å². The van der Waals surface area contributed by atoms with E-state index in [1.807, 2.05) is 24.3 Å². The van der Waals surface area contributed by atoms with Gasteiger partial charge in [0, 0.05) is 15.3 Å². The highest BCUT2D eigenvalue weighted by Gasteiger charge is 2.22. The Labute approximate surface area is 103 Å². The molecule has 2 rings (SSSR count). The molecule has 0 aromatic heterocycles. The fourth-order valence-electron chi connectivity index (χ4n) is 1.26. The summed E-state index contributed by atoms with van der Waals surface area (Å²) >= 11 is 2.26. The summed E-state index contributed by atoms with van der Waals surface area (Å²) in [6, 6.07) is 8.43. The van der Waals surface area contributed by atoms with Crippen LogP contribution in [-0.2, 0) is 4.79 Å². The maximum Gasteiger partial charge on any atom is 0.239 e. The van der Waals surface area contributed by atoms with E-state index in [2.05, 4.69) is 33.2 Å². The van der Waals surface area contributed by atoms with E-state index in [1.165, 1.54) is 3.57 Å². The number of hydrogen-bond acceptors (Lipinski definition) is 2. The topological polar surface area (TPSA) is 41.1 Å². The highest BCUT2D eigenvalue weighted by molar-refractivity contribution is 14.1. The minimum Gasteiger partial charge on any atom is -0.376 e. The van der Waals surface area contributed by atoms with Crippen molar-refractivity contribution < 1.29 is 4.79 Å². The largest absolute Gasteiger partial charge is 0.376 e. The number of carbonyl (C=O) groups excluding carboxylic acids is 1. The minimum atomic E-state index is 0.0797. The third-order valence-electron chi connectivity index (χ3n) is 2.24. The van der Waals surface area contributed by atoms with Crippen molar-refractivity contribution in [2.75, 3.05) is 11.9 Å². The maximum absolute atomic E-state index is 11.4. The summed E-state index contributed by atoms with van der Waals surface area (Å²) < 4.78 is 1.19. The molecule has 3 nitrogen and oxygen atoms in total. The molecule has 0 atom stereocenters. The summed E-state index contributed by atoms with van der Waals surface area (Å²) in [7, 11) is 0. The average Bonchev–Trinajstić information content (AvgIpc) is 3.01. The molecule has 0 unspecified atom stereocenters. The van der Waals surface area contributed by atoms with Gasteiger partial charge in [0.15, 0.2) is 0 Å². The summed E-state index contributed by atoms with van der Waals surface area (Å²) in [5, 5.41) is 6.02. The van der Waals surface area contributed by atoms with Crippen LogP contribution in [0.5, 0.6) is 0 Å². The van der Waals surface area contributed by atoms with E-state index < -0.39 is 0 Å². The van der Waals surface area contributed by atoms with Crippen molar-refractivity contribution in [3.05, 3.63) is 27.8 Å². The van der Waals surface area contributed by atoms with Gasteiger partial charge in [0.05, 0.1) is 6.54 Å². The van der Waals surface area contributed by atoms with Crippen molar-refractivity contribution in [2.24, 2.45) is 0 Å². The van der Waals surface area contributed by atoms with Crippen LogP contribution in [0.3, 0.4) is 0 Å². The number of benzene rings is 1. The quantitative estimate of drug-likeness (QED) is 0.834. The minimum absolute atomic E-state index is 0.0797. The summed E-state index contributed by atoms with van der Waals surface area (Å²) in [5.41, 5.74) is 0.987. The number of halogens is 1. The lowest BCUT2D eigenvalue weighted by Gasteiger charge is -2.06. The summed E-state index contributed by atoms with van der Waals surface area (Å²) in [6.45, 7) is 0.358. The fraction of sp³-hybridized carbons (Fsp3) is 0.364. The monoisotopic (exact) mass is 316 g/mol. The van der Waals surface area contributed by atoms with E-state index in [9.17, 15) is 4.79 Å². The molecule has 1 fully saturated rings. The van der Waals surface area contributed by atoms with Crippen LogP contribution in [0.4, 0.5) is 5.69 Å². The Morgan fingerprint density at radius 1 is 1.33 bits per heavy atom. The lowest BCUT2D eigenvalue weighted by Crippen LogP contribution is -2.31. The van der Waals surface area contributed by atoms with Gasteiger partial charge in [-0.2, -0.15) is 0 Å². The smallest absolute Gasteiger partial charge is 0.239 e. The summed E-state index contributed by atoms with van der Waals surface area (Å²) in [6.07, 6.45) is 2.27. The van der Waals surface area contributed by atoms with E-state index >= 15 is 0 Å². The van der Waals surface area contributed by atoms with Gasteiger partial charge < -0.3 is 10.6 Å². The fourth-order valence-corrected chi connectivity index (χ4v) is 1.62. The lowest BCUT2D eigenvalue weighted by atomic mass is 10.3. The Morgan fingerprint density at radius 3 is 2.60 bits per heavy atom. The van der Waals surface area contributed by atoms with Gasteiger partial charge in [-0.05, 0) is 59.7 Å². The van der Waals surface area contributed by atoms with Crippen LogP contribution in [0.25, 0.3) is 0 Å². The number of amides is 1. The first-order valence-corrected chi connectivity index (χ1v) is 6.11. The molecule has 1 amide bonds. The Kier molecular flexibility index (Phi) is 3.45. The van der Waals surface area contributed by atoms with Crippen LogP contribution >= 0.6 is 22.6 Å². The van der Waals surface area contributed by atoms with Crippen LogP contribution in [0, 0.1) is 3.57 Å². The molecule has 0 aliphatic heterocycles. The van der Waals surface area contributed by atoms with Gasteiger partial charge in [-0.1, -0.05) is 0 Å². The molecule has 0 radical (unpaired) electrons. The predicted molar refractivity (Wildman–Crippen MR) is 68.8 cm³/mol. The summed E-state index contributed by atoms with van der Waals surface area (Å²) in [5.74, 6) is 0.0797. The van der Waals surface area contributed by atoms with Crippen LogP contribution in [-0.4, -0.2) is 18.5 Å². The molecule has 0 spiro atoms. The second kappa shape index (κ2) is 4.83. The van der Waals surface area contributed by atoms with Gasteiger partial charge in [0.25, 0.3) is 0 Å². The highest BCUT2D eigenvalue weighted by Crippen LogP contribution is 2.18. The van der Waals surface area contributed by atoms with Gasteiger partial charge in [-0.25, -0.2) is 0 Å². The first kappa shape index (κ1) is 10.7. The maximum atomic E-state index is 11.4. The third-order valence-corrected chi connectivity index (χ3v) is 2.96. The average molecular weight is 316 g/mol. The van der Waals surface area contributed by atoms with Crippen molar-refractivity contribution in [1.82, 2.24) is 5.32 Å². The van der Waals surface area contributed by atoms with E-state index in [0.717, 1.165) is 18.5 Å². The number of anilines is 1. The molecule has 1 saturated carbocycles. The first-order valence-electron chi connectivity index (χ1n) is 5.03. The number of rotatable bonds is 4. The molecule has 0 heterocycles. The molecule has 80 valence electrons. The van der Waals surface area contributed by atoms with Gasteiger partial charge in [0.1, 0.15) is 0 Å². The van der Waals surface area contributed by atoms with Gasteiger partial charge in [-0.3, -0.25) is 4.79 Å². The van der Waals surface area contributed by atoms with Crippen molar-refractivity contribution in [1.29, 1.82) is 0 Å². The number of nitrogens with one attached hydrogen (secondary N) is 2. The summed E-state index contributed by atoms with van der Waals surface area (Å²) in [4.78, 5) is 11.4. The molecular formula is C11H13IN2O. The predicted octanol–water partition coefficient (Wildman–Crippen LogP) is 1.98. The Bertz CT molecular complexity index is 346. The lowest BCUT2D eigenvalue weighted by molar-refractivity contribution is -0.119. The van der Waals surface area contributed by atoms with E-state index in [1.54, 1.807) is 0 Å². The van der Waals surface area contributed by atoms with E-state index in [-0.39, 0.29) is 5.91 Å². The zero-order valence-electron chi connectivity index (χ0n) is 8.29. The van der Waals surface area contributed by atoms with Crippen LogP contribution < -0.4 is 10.6 Å². The molecule has 1 aromatic carbocycles. The molecular weight excluding hydrogens is 303 g/mol. The van der Waals surface area contributed by atoms with Gasteiger partial charge in [-0.15, -0.1) is 0 Å². The molecule has 1 aliphatic carbocycles. The van der Waals surface area contributed by atoms with Crippen molar-refractivity contribution in [3.63, 3.8) is 0 Å². The molecule has 1 aromatic rings. The van der Waals surface area contributed by atoms with Gasteiger partial charge in [0.2, 0.25) is 5.91 Å². The third kappa shape index (κ3) is 3.70. The molecule has 2 N–H and O–H groups in total. The Hall–Kier alpha value is -0.780. The SMILES string of the molecule is O=C(CNc1ccc(I)cc1)NC1CC1. The first-order chi connectivity index (χ1) is 7.24. The Morgan fingerprint density at radius 2 is 2.00 bits per heavy atom. The molecule has 15 heavy (non-hydrogen) atoms. The second-order valence-corrected chi connectivity index (χ2v) is 4.95. The van der Waals surface area contributed by atoms with Crippen molar-refractivity contribution >= 4 is 34.2 Å². The van der Waals surface area contributed by atoms with E-state index in [4.69, 9.17) is 0 Å². The standard InChI is InChI=1S/C11H13IN2O/c12-8-1-3-9(4-2-8)13-7-11(15)14-10-5-6-10/h1-4,10,13H,5-7H2,(H,14,15). The molecule has 1 aliphatic rings. The van der Waals surface area contributed by atoms with Crippen LogP contribution in [0.15, 0.2) is 24.3 Å². The van der Waals surface area contributed by atoms with E-state index in [0.29, 0.717) is 12.6 Å². The second-order valence-electron chi connectivity index (χ2n) is 3.70. The zero-order valence-corrected chi connectivity index (χ0v) is 10.5. The van der Waals surface area contributed by atoms with Crippen molar-refractivity contribution in [3.8, 4) is 0 Å². The molecule has 0 saturated heterocycles. The molecule has 4 heteroatoms. The van der Waals surface area contributed by atoms with Crippen molar-refractivity contribution in [2.45, 2.75) is 18.9 Å². The zero-order chi connectivity index (χ0) is 10.7. The molecule has 0 bridgehead atoms. The number of carbonyl (C=O) groups is 1. The highest BCUT2D eigenvalue weighted by atomic mass is 127. The number of hydrogen-bond donors (Lipinski definition) is 2. The van der Waals surface area contributed by atoms with Crippen LogP contribution in [0.2, 0.25) is 0 Å².